The van der Waals surface area contributed by atoms with Crippen LogP contribution in [0.5, 0.6) is 0 Å². The highest BCUT2D eigenvalue weighted by Crippen LogP contribution is 2.24. The third kappa shape index (κ3) is 8.02. The molecule has 1 saturated heterocycles. The quantitative estimate of drug-likeness (QED) is 0.477. The molecule has 3 rings (SSSR count). The molecule has 0 bridgehead atoms. The average Bonchev–Trinajstić information content (AvgIpc) is 2.82. The van der Waals surface area contributed by atoms with Gasteiger partial charge in [-0.3, -0.25) is 4.79 Å². The second kappa shape index (κ2) is 12.7. The molecule has 1 fully saturated rings. The molecule has 1 heterocycles. The Morgan fingerprint density at radius 2 is 1.91 bits per heavy atom. The number of hydrogen-bond acceptors (Lipinski definition) is 6. The van der Waals surface area contributed by atoms with Crippen LogP contribution in [0.4, 0.5) is 10.5 Å². The zero-order chi connectivity index (χ0) is 22.8. The van der Waals surface area contributed by atoms with Crippen LogP contribution in [0.2, 0.25) is 5.02 Å². The number of para-hydroxylation sites is 1. The van der Waals surface area contributed by atoms with Gasteiger partial charge in [-0.15, -0.1) is 11.8 Å². The van der Waals surface area contributed by atoms with Crippen molar-refractivity contribution in [3.8, 4) is 0 Å². The van der Waals surface area contributed by atoms with Gasteiger partial charge in [0.2, 0.25) is 5.91 Å². The molecule has 0 aromatic heterocycles. The number of anilines is 1. The van der Waals surface area contributed by atoms with Crippen LogP contribution in [0.25, 0.3) is 0 Å². The molecule has 1 aliphatic rings. The summed E-state index contributed by atoms with van der Waals surface area (Å²) in [6.07, 6.45) is 1.20. The summed E-state index contributed by atoms with van der Waals surface area (Å²) in [6, 6.07) is 15.5. The SMILES string of the molecule is COC(=O)NCC(=O)Nc1ccccc1CCC1CNC[C@@H](CSc2ccc(Cl)cc2)O1. The van der Waals surface area contributed by atoms with Gasteiger partial charge < -0.3 is 25.4 Å². The number of rotatable bonds is 9. The van der Waals surface area contributed by atoms with Gasteiger partial charge in [0.25, 0.3) is 0 Å². The van der Waals surface area contributed by atoms with Crippen molar-refractivity contribution in [2.24, 2.45) is 0 Å². The Hall–Kier alpha value is -2.26. The Morgan fingerprint density at radius 1 is 1.16 bits per heavy atom. The van der Waals surface area contributed by atoms with Crippen molar-refractivity contribution >= 4 is 41.1 Å². The number of halogens is 1. The number of carbonyl (C=O) groups is 2. The van der Waals surface area contributed by atoms with Gasteiger partial charge in [0, 0.05) is 34.4 Å². The van der Waals surface area contributed by atoms with E-state index >= 15 is 0 Å². The monoisotopic (exact) mass is 477 g/mol. The van der Waals surface area contributed by atoms with Gasteiger partial charge in [-0.25, -0.2) is 4.79 Å². The van der Waals surface area contributed by atoms with Crippen molar-refractivity contribution in [3.05, 3.63) is 59.1 Å². The smallest absolute Gasteiger partial charge is 0.407 e. The lowest BCUT2D eigenvalue weighted by molar-refractivity contribution is -0.115. The molecule has 2 aromatic rings. The van der Waals surface area contributed by atoms with Crippen molar-refractivity contribution in [1.82, 2.24) is 10.6 Å². The zero-order valence-electron chi connectivity index (χ0n) is 17.9. The molecular weight excluding hydrogens is 450 g/mol. The van der Waals surface area contributed by atoms with Gasteiger partial charge in [0.05, 0.1) is 19.3 Å². The van der Waals surface area contributed by atoms with E-state index in [9.17, 15) is 9.59 Å². The predicted octanol–water partition coefficient (Wildman–Crippen LogP) is 3.72. The Bertz CT molecular complexity index is 897. The number of methoxy groups -OCH3 is 1. The molecule has 32 heavy (non-hydrogen) atoms. The van der Waals surface area contributed by atoms with Gasteiger partial charge in [0.15, 0.2) is 0 Å². The molecule has 1 unspecified atom stereocenters. The fourth-order valence-corrected chi connectivity index (χ4v) is 4.39. The molecule has 172 valence electrons. The Labute approximate surface area is 197 Å². The lowest BCUT2D eigenvalue weighted by Gasteiger charge is -2.31. The molecule has 9 heteroatoms. The largest absolute Gasteiger partial charge is 0.453 e. The molecule has 2 amide bonds. The van der Waals surface area contributed by atoms with E-state index in [0.29, 0.717) is 0 Å². The van der Waals surface area contributed by atoms with Gasteiger partial charge in [-0.05, 0) is 48.7 Å². The summed E-state index contributed by atoms with van der Waals surface area (Å²) in [5.41, 5.74) is 1.77. The maximum absolute atomic E-state index is 12.1. The highest BCUT2D eigenvalue weighted by Gasteiger charge is 2.22. The molecule has 1 aliphatic heterocycles. The molecule has 2 aromatic carbocycles. The van der Waals surface area contributed by atoms with Crippen molar-refractivity contribution in [2.75, 3.05) is 37.8 Å². The van der Waals surface area contributed by atoms with Crippen LogP contribution < -0.4 is 16.0 Å². The molecule has 0 spiro atoms. The summed E-state index contributed by atoms with van der Waals surface area (Å²) < 4.78 is 10.8. The summed E-state index contributed by atoms with van der Waals surface area (Å²) >= 11 is 7.71. The van der Waals surface area contributed by atoms with E-state index in [1.165, 1.54) is 12.0 Å². The number of hydrogen-bond donors (Lipinski definition) is 3. The Balaban J connectivity index is 1.46. The first kappa shape index (κ1) is 24.4. The van der Waals surface area contributed by atoms with Crippen LogP contribution in [0.3, 0.4) is 0 Å². The second-order valence-electron chi connectivity index (χ2n) is 7.39. The number of aryl methyl sites for hydroxylation is 1. The Morgan fingerprint density at radius 3 is 2.69 bits per heavy atom. The van der Waals surface area contributed by atoms with Crippen molar-refractivity contribution in [1.29, 1.82) is 0 Å². The number of amides is 2. The first-order valence-electron chi connectivity index (χ1n) is 10.5. The highest BCUT2D eigenvalue weighted by atomic mass is 35.5. The van der Waals surface area contributed by atoms with Crippen molar-refractivity contribution in [3.63, 3.8) is 0 Å². The van der Waals surface area contributed by atoms with Crippen LogP contribution in [0.1, 0.15) is 12.0 Å². The minimum absolute atomic E-state index is 0.101. The fourth-order valence-electron chi connectivity index (χ4n) is 3.36. The number of morpholine rings is 1. The summed E-state index contributed by atoms with van der Waals surface area (Å²) in [5, 5.41) is 9.43. The number of nitrogens with one attached hydrogen (secondary N) is 3. The average molecular weight is 478 g/mol. The lowest BCUT2D eigenvalue weighted by Crippen LogP contribution is -2.45. The van der Waals surface area contributed by atoms with Gasteiger partial charge in [-0.2, -0.15) is 0 Å². The minimum Gasteiger partial charge on any atom is -0.453 e. The molecule has 0 aliphatic carbocycles. The molecule has 0 radical (unpaired) electrons. The number of thioether (sulfide) groups is 1. The van der Waals surface area contributed by atoms with E-state index in [1.54, 1.807) is 11.8 Å². The van der Waals surface area contributed by atoms with Crippen LogP contribution >= 0.6 is 23.4 Å². The first-order chi connectivity index (χ1) is 15.5. The Kier molecular flexibility index (Phi) is 9.67. The van der Waals surface area contributed by atoms with E-state index in [4.69, 9.17) is 16.3 Å². The number of benzene rings is 2. The molecule has 0 saturated carbocycles. The minimum atomic E-state index is -0.640. The summed E-state index contributed by atoms with van der Waals surface area (Å²) in [5.74, 6) is 0.558. The topological polar surface area (TPSA) is 88.7 Å². The standard InChI is InChI=1S/C23H28ClN3O4S/c1-30-23(29)26-14-22(28)27-21-5-3-2-4-16(21)6-9-18-12-25-13-19(31-18)15-32-20-10-7-17(24)8-11-20/h2-5,7-8,10-11,18-19,25H,6,9,12-15H2,1H3,(H,26,29)(H,27,28)/t18?,19-/m0/s1. The molecular formula is C23H28ClN3O4S. The van der Waals surface area contributed by atoms with E-state index in [-0.39, 0.29) is 24.7 Å². The second-order valence-corrected chi connectivity index (χ2v) is 8.92. The zero-order valence-corrected chi connectivity index (χ0v) is 19.5. The number of carbonyl (C=O) groups excluding carboxylic acids is 2. The number of ether oxygens (including phenoxy) is 2. The predicted molar refractivity (Wildman–Crippen MR) is 128 cm³/mol. The van der Waals surface area contributed by atoms with Crippen molar-refractivity contribution in [2.45, 2.75) is 29.9 Å². The summed E-state index contributed by atoms with van der Waals surface area (Å²) in [4.78, 5) is 24.4. The number of alkyl carbamates (subject to hydrolysis) is 1. The molecule has 2 atom stereocenters. The van der Waals surface area contributed by atoms with Gasteiger partial charge >= 0.3 is 6.09 Å². The summed E-state index contributed by atoms with van der Waals surface area (Å²) in [6.45, 7) is 1.49. The third-order valence-electron chi connectivity index (χ3n) is 4.98. The van der Waals surface area contributed by atoms with E-state index < -0.39 is 6.09 Å². The maximum Gasteiger partial charge on any atom is 0.407 e. The third-order valence-corrected chi connectivity index (χ3v) is 6.38. The van der Waals surface area contributed by atoms with E-state index in [1.807, 2.05) is 48.5 Å². The van der Waals surface area contributed by atoms with Crippen LogP contribution in [-0.2, 0) is 20.7 Å². The molecule has 3 N–H and O–H groups in total. The van der Waals surface area contributed by atoms with Gasteiger partial charge in [-0.1, -0.05) is 29.8 Å². The van der Waals surface area contributed by atoms with Crippen LogP contribution in [-0.4, -0.2) is 56.7 Å². The maximum atomic E-state index is 12.1. The molecule has 7 nitrogen and oxygen atoms in total. The van der Waals surface area contributed by atoms with E-state index in [0.717, 1.165) is 48.0 Å². The van der Waals surface area contributed by atoms with Crippen LogP contribution in [0.15, 0.2) is 53.4 Å². The van der Waals surface area contributed by atoms with E-state index in [2.05, 4.69) is 20.7 Å². The van der Waals surface area contributed by atoms with Crippen LogP contribution in [0, 0.1) is 0 Å². The lowest BCUT2D eigenvalue weighted by atomic mass is 10.0. The normalized spacial score (nSPS) is 18.1. The van der Waals surface area contributed by atoms with Gasteiger partial charge in [0.1, 0.15) is 6.54 Å². The fraction of sp³-hybridized carbons (Fsp3) is 0.391. The first-order valence-corrected chi connectivity index (χ1v) is 11.8. The summed E-state index contributed by atoms with van der Waals surface area (Å²) in [7, 11) is 1.26. The van der Waals surface area contributed by atoms with Crippen molar-refractivity contribution < 1.29 is 19.1 Å². The highest BCUT2D eigenvalue weighted by molar-refractivity contribution is 7.99.